The molecule has 3 rings (SSSR count). The van der Waals surface area contributed by atoms with Gasteiger partial charge >= 0.3 is 0 Å². The van der Waals surface area contributed by atoms with Crippen molar-refractivity contribution in [3.05, 3.63) is 36.0 Å². The van der Waals surface area contributed by atoms with Gasteiger partial charge in [-0.3, -0.25) is 0 Å². The van der Waals surface area contributed by atoms with Gasteiger partial charge < -0.3 is 15.4 Å². The van der Waals surface area contributed by atoms with Crippen LogP contribution in [0, 0.1) is 6.92 Å². The minimum Gasteiger partial charge on any atom is -0.494 e. The highest BCUT2D eigenvalue weighted by Gasteiger charge is 2.21. The van der Waals surface area contributed by atoms with E-state index >= 15 is 0 Å². The molecule has 1 aliphatic carbocycles. The molecule has 0 aliphatic heterocycles. The minimum atomic E-state index is 0.581. The Morgan fingerprint density at radius 3 is 2.62 bits per heavy atom. The number of aryl methyl sites for hydroxylation is 1. The van der Waals surface area contributed by atoms with E-state index < -0.39 is 0 Å². The SMILES string of the molecule is CCOc1ccc(Nc2nc(C)cc(NC3CC3)n2)cc1. The summed E-state index contributed by atoms with van der Waals surface area (Å²) < 4.78 is 5.43. The highest BCUT2D eigenvalue weighted by atomic mass is 16.5. The van der Waals surface area contributed by atoms with Crippen molar-refractivity contribution in [3.8, 4) is 5.75 Å². The number of rotatable bonds is 6. The molecule has 5 nitrogen and oxygen atoms in total. The lowest BCUT2D eigenvalue weighted by molar-refractivity contribution is 0.340. The van der Waals surface area contributed by atoms with Gasteiger partial charge in [-0.15, -0.1) is 0 Å². The third-order valence-electron chi connectivity index (χ3n) is 3.21. The maximum atomic E-state index is 5.43. The topological polar surface area (TPSA) is 59.1 Å². The van der Waals surface area contributed by atoms with Crippen molar-refractivity contribution in [1.29, 1.82) is 0 Å². The van der Waals surface area contributed by atoms with Crippen molar-refractivity contribution in [3.63, 3.8) is 0 Å². The zero-order valence-corrected chi connectivity index (χ0v) is 12.4. The average molecular weight is 284 g/mol. The molecule has 0 amide bonds. The Morgan fingerprint density at radius 2 is 1.95 bits per heavy atom. The molecular weight excluding hydrogens is 264 g/mol. The number of hydrogen-bond donors (Lipinski definition) is 2. The van der Waals surface area contributed by atoms with Gasteiger partial charge in [0.05, 0.1) is 6.61 Å². The standard InChI is InChI=1S/C16H20N4O/c1-3-21-14-8-6-13(7-9-14)19-16-17-11(2)10-15(20-16)18-12-4-5-12/h6-10,12H,3-5H2,1-2H3,(H2,17,18,19,20). The molecule has 2 aromatic rings. The van der Waals surface area contributed by atoms with Crippen LogP contribution in [-0.4, -0.2) is 22.6 Å². The fourth-order valence-electron chi connectivity index (χ4n) is 2.07. The van der Waals surface area contributed by atoms with Gasteiger partial charge in [-0.1, -0.05) is 0 Å². The quantitative estimate of drug-likeness (QED) is 0.850. The van der Waals surface area contributed by atoms with Crippen LogP contribution in [0.3, 0.4) is 0 Å². The number of ether oxygens (including phenoxy) is 1. The zero-order valence-electron chi connectivity index (χ0n) is 12.4. The lowest BCUT2D eigenvalue weighted by Gasteiger charge is -2.10. The average Bonchev–Trinajstić information content (AvgIpc) is 3.24. The van der Waals surface area contributed by atoms with Gasteiger partial charge in [-0.05, 0) is 51.0 Å². The summed E-state index contributed by atoms with van der Waals surface area (Å²) in [6.45, 7) is 4.62. The molecule has 0 spiro atoms. The number of nitrogens with one attached hydrogen (secondary N) is 2. The van der Waals surface area contributed by atoms with Crippen molar-refractivity contribution < 1.29 is 4.74 Å². The zero-order chi connectivity index (χ0) is 14.7. The fourth-order valence-corrected chi connectivity index (χ4v) is 2.07. The first-order valence-electron chi connectivity index (χ1n) is 7.35. The predicted molar refractivity (Wildman–Crippen MR) is 84.3 cm³/mol. The van der Waals surface area contributed by atoms with Crippen LogP contribution in [0.25, 0.3) is 0 Å². The third-order valence-corrected chi connectivity index (χ3v) is 3.21. The van der Waals surface area contributed by atoms with Gasteiger partial charge in [-0.2, -0.15) is 4.98 Å². The van der Waals surface area contributed by atoms with E-state index in [0.717, 1.165) is 22.9 Å². The second-order valence-electron chi connectivity index (χ2n) is 5.22. The molecule has 1 aliphatic rings. The molecule has 1 saturated carbocycles. The summed E-state index contributed by atoms with van der Waals surface area (Å²) in [6, 6.07) is 10.4. The van der Waals surface area contributed by atoms with Gasteiger partial charge in [0.15, 0.2) is 0 Å². The molecule has 1 aromatic heterocycles. The summed E-state index contributed by atoms with van der Waals surface area (Å²) in [6.07, 6.45) is 2.45. The van der Waals surface area contributed by atoms with E-state index in [2.05, 4.69) is 20.6 Å². The Balaban J connectivity index is 1.72. The van der Waals surface area contributed by atoms with E-state index in [1.165, 1.54) is 12.8 Å². The molecule has 0 saturated heterocycles. The van der Waals surface area contributed by atoms with Gasteiger partial charge in [0, 0.05) is 23.5 Å². The number of nitrogens with zero attached hydrogens (tertiary/aromatic N) is 2. The summed E-state index contributed by atoms with van der Waals surface area (Å²) >= 11 is 0. The van der Waals surface area contributed by atoms with E-state index in [1.54, 1.807) is 0 Å². The van der Waals surface area contributed by atoms with Crippen molar-refractivity contribution in [1.82, 2.24) is 9.97 Å². The van der Waals surface area contributed by atoms with Gasteiger partial charge in [0.1, 0.15) is 11.6 Å². The smallest absolute Gasteiger partial charge is 0.229 e. The third kappa shape index (κ3) is 3.84. The van der Waals surface area contributed by atoms with E-state index in [1.807, 2.05) is 44.2 Å². The molecule has 1 aromatic carbocycles. The van der Waals surface area contributed by atoms with Crippen molar-refractivity contribution in [2.75, 3.05) is 17.2 Å². The van der Waals surface area contributed by atoms with Crippen LogP contribution >= 0.6 is 0 Å². The van der Waals surface area contributed by atoms with Gasteiger partial charge in [-0.25, -0.2) is 4.98 Å². The van der Waals surface area contributed by atoms with Crippen LogP contribution in [0.5, 0.6) is 5.75 Å². The Bertz CT molecular complexity index is 608. The van der Waals surface area contributed by atoms with Crippen LogP contribution in [0.4, 0.5) is 17.5 Å². The van der Waals surface area contributed by atoms with Crippen LogP contribution in [0.2, 0.25) is 0 Å². The Morgan fingerprint density at radius 1 is 1.19 bits per heavy atom. The molecule has 5 heteroatoms. The molecule has 1 heterocycles. The second-order valence-corrected chi connectivity index (χ2v) is 5.22. The first-order chi connectivity index (χ1) is 10.2. The summed E-state index contributed by atoms with van der Waals surface area (Å²) in [4.78, 5) is 8.93. The second kappa shape index (κ2) is 5.99. The van der Waals surface area contributed by atoms with E-state index in [9.17, 15) is 0 Å². The lowest BCUT2D eigenvalue weighted by atomic mass is 10.3. The monoisotopic (exact) mass is 284 g/mol. The molecule has 0 unspecified atom stereocenters. The molecule has 0 radical (unpaired) electrons. The Kier molecular flexibility index (Phi) is 3.90. The molecular formula is C16H20N4O. The lowest BCUT2D eigenvalue weighted by Crippen LogP contribution is -2.06. The first-order valence-corrected chi connectivity index (χ1v) is 7.35. The number of benzene rings is 1. The number of aromatic nitrogens is 2. The van der Waals surface area contributed by atoms with Crippen LogP contribution in [0.1, 0.15) is 25.5 Å². The van der Waals surface area contributed by atoms with Gasteiger partial charge in [0.25, 0.3) is 0 Å². The maximum absolute atomic E-state index is 5.43. The molecule has 2 N–H and O–H groups in total. The summed E-state index contributed by atoms with van der Waals surface area (Å²) in [5.41, 5.74) is 1.89. The predicted octanol–water partition coefficient (Wildman–Crippen LogP) is 3.50. The summed E-state index contributed by atoms with van der Waals surface area (Å²) in [5.74, 6) is 2.37. The highest BCUT2D eigenvalue weighted by Crippen LogP contribution is 2.25. The largest absolute Gasteiger partial charge is 0.494 e. The normalized spacial score (nSPS) is 13.8. The van der Waals surface area contributed by atoms with Crippen LogP contribution in [-0.2, 0) is 0 Å². The van der Waals surface area contributed by atoms with Crippen LogP contribution in [0.15, 0.2) is 30.3 Å². The summed E-state index contributed by atoms with van der Waals surface area (Å²) in [5, 5.41) is 6.63. The Hall–Kier alpha value is -2.30. The molecule has 110 valence electrons. The van der Waals surface area contributed by atoms with E-state index in [0.29, 0.717) is 18.6 Å². The van der Waals surface area contributed by atoms with E-state index in [-0.39, 0.29) is 0 Å². The van der Waals surface area contributed by atoms with Crippen LogP contribution < -0.4 is 15.4 Å². The van der Waals surface area contributed by atoms with Crippen molar-refractivity contribution >= 4 is 17.5 Å². The van der Waals surface area contributed by atoms with E-state index in [4.69, 9.17) is 4.74 Å². The molecule has 21 heavy (non-hydrogen) atoms. The number of hydrogen-bond acceptors (Lipinski definition) is 5. The Labute approximate surface area is 124 Å². The first kappa shape index (κ1) is 13.7. The minimum absolute atomic E-state index is 0.581. The summed E-state index contributed by atoms with van der Waals surface area (Å²) in [7, 11) is 0. The molecule has 1 fully saturated rings. The van der Waals surface area contributed by atoms with Crippen molar-refractivity contribution in [2.45, 2.75) is 32.7 Å². The number of anilines is 3. The highest BCUT2D eigenvalue weighted by molar-refractivity contribution is 5.56. The fraction of sp³-hybridized carbons (Fsp3) is 0.375. The maximum Gasteiger partial charge on any atom is 0.229 e. The van der Waals surface area contributed by atoms with Crippen molar-refractivity contribution in [2.24, 2.45) is 0 Å². The molecule has 0 bridgehead atoms. The molecule has 0 atom stereocenters. The van der Waals surface area contributed by atoms with Gasteiger partial charge in [0.2, 0.25) is 5.95 Å².